The number of aryl methyl sites for hydroxylation is 2. The average Bonchev–Trinajstić information content (AvgIpc) is 3.48. The number of carbonyl (C=O) groups is 1. The molecule has 10 heteroatoms. The number of nitrogens with zero attached hydrogens (tertiary/aromatic N) is 3. The summed E-state index contributed by atoms with van der Waals surface area (Å²) in [4.78, 5) is 17.2. The first-order valence-electron chi connectivity index (χ1n) is 12.4. The van der Waals surface area contributed by atoms with Crippen molar-refractivity contribution in [2.45, 2.75) is 63.9 Å². The number of nitrogens with one attached hydrogen (secondary N) is 2. The lowest BCUT2D eigenvalue weighted by Crippen LogP contribution is -2.35. The Morgan fingerprint density at radius 1 is 1.16 bits per heavy atom. The highest BCUT2D eigenvalue weighted by molar-refractivity contribution is 7.90. The third-order valence-corrected chi connectivity index (χ3v) is 8.42. The predicted octanol–water partition coefficient (Wildman–Crippen LogP) is 4.93. The van der Waals surface area contributed by atoms with E-state index in [-0.39, 0.29) is 11.1 Å². The van der Waals surface area contributed by atoms with Crippen LogP contribution < -0.4 is 14.8 Å². The van der Waals surface area contributed by atoms with Crippen LogP contribution in [0.2, 0.25) is 0 Å². The third kappa shape index (κ3) is 4.85. The SMILES string of the molecule is COc1cc(-c2c(C)cc3c(c2NC(=O)NS(=O)(=O)c2ccn(C4CC(=C(C)C)C4)n2)CCC3)ccn1. The van der Waals surface area contributed by atoms with Crippen LogP contribution in [0.4, 0.5) is 10.5 Å². The Kier molecular flexibility index (Phi) is 6.53. The molecule has 0 atom stereocenters. The number of hydrogen-bond donors (Lipinski definition) is 2. The van der Waals surface area contributed by atoms with Gasteiger partial charge in [-0.1, -0.05) is 17.2 Å². The summed E-state index contributed by atoms with van der Waals surface area (Å²) in [7, 11) is -2.61. The molecule has 0 unspecified atom stereocenters. The number of carbonyl (C=O) groups excluding carboxylic acids is 1. The number of pyridine rings is 1. The number of anilines is 1. The summed E-state index contributed by atoms with van der Waals surface area (Å²) in [5, 5.41) is 6.93. The molecular formula is C27H31N5O4S. The number of amides is 2. The fraction of sp³-hybridized carbons (Fsp3) is 0.370. The van der Waals surface area contributed by atoms with Gasteiger partial charge in [-0.05, 0) is 87.3 Å². The largest absolute Gasteiger partial charge is 0.481 e. The molecule has 0 saturated heterocycles. The maximum Gasteiger partial charge on any atom is 0.333 e. The van der Waals surface area contributed by atoms with E-state index in [1.807, 2.05) is 13.0 Å². The van der Waals surface area contributed by atoms with Crippen LogP contribution >= 0.6 is 0 Å². The first-order valence-corrected chi connectivity index (χ1v) is 13.8. The van der Waals surface area contributed by atoms with Gasteiger partial charge in [0.2, 0.25) is 5.88 Å². The number of fused-ring (bicyclic) bond motifs is 1. The molecule has 0 bridgehead atoms. The molecule has 2 aromatic heterocycles. The van der Waals surface area contributed by atoms with E-state index < -0.39 is 16.1 Å². The predicted molar refractivity (Wildman–Crippen MR) is 141 cm³/mol. The summed E-state index contributed by atoms with van der Waals surface area (Å²) >= 11 is 0. The zero-order valence-corrected chi connectivity index (χ0v) is 22.3. The Bertz CT molecular complexity index is 1510. The normalized spacial score (nSPS) is 16.6. The number of rotatable bonds is 6. The molecule has 2 aliphatic rings. The number of benzene rings is 1. The summed E-state index contributed by atoms with van der Waals surface area (Å²) in [6.07, 6.45) is 7.70. The Morgan fingerprint density at radius 2 is 1.95 bits per heavy atom. The van der Waals surface area contributed by atoms with Gasteiger partial charge in [0.05, 0.1) is 18.8 Å². The van der Waals surface area contributed by atoms with Gasteiger partial charge in [0.25, 0.3) is 10.0 Å². The lowest BCUT2D eigenvalue weighted by molar-refractivity contribution is 0.256. The molecule has 0 radical (unpaired) electrons. The number of methoxy groups -OCH3 is 1. The first-order chi connectivity index (χ1) is 17.7. The molecule has 1 aromatic carbocycles. The van der Waals surface area contributed by atoms with Crippen molar-refractivity contribution < 1.29 is 17.9 Å². The second kappa shape index (κ2) is 9.66. The van der Waals surface area contributed by atoms with Crippen molar-refractivity contribution in [3.05, 3.63) is 64.5 Å². The minimum absolute atomic E-state index is 0.137. The maximum absolute atomic E-state index is 13.1. The van der Waals surface area contributed by atoms with Gasteiger partial charge >= 0.3 is 6.03 Å². The topological polar surface area (TPSA) is 115 Å². The van der Waals surface area contributed by atoms with Crippen molar-refractivity contribution in [3.63, 3.8) is 0 Å². The van der Waals surface area contributed by atoms with Crippen molar-refractivity contribution in [1.29, 1.82) is 0 Å². The van der Waals surface area contributed by atoms with Crippen LogP contribution in [0.25, 0.3) is 11.1 Å². The van der Waals surface area contributed by atoms with Gasteiger partial charge in [-0.15, -0.1) is 0 Å². The van der Waals surface area contributed by atoms with E-state index in [2.05, 4.69) is 40.0 Å². The molecule has 5 rings (SSSR count). The molecule has 0 aliphatic heterocycles. The molecular weight excluding hydrogens is 490 g/mol. The molecule has 0 spiro atoms. The summed E-state index contributed by atoms with van der Waals surface area (Å²) in [5.74, 6) is 0.453. The van der Waals surface area contributed by atoms with Crippen molar-refractivity contribution >= 4 is 21.7 Å². The van der Waals surface area contributed by atoms with Crippen LogP contribution in [0.3, 0.4) is 0 Å². The van der Waals surface area contributed by atoms with E-state index in [9.17, 15) is 13.2 Å². The number of urea groups is 1. The molecule has 2 heterocycles. The summed E-state index contributed by atoms with van der Waals surface area (Å²) in [6.45, 7) is 6.13. The van der Waals surface area contributed by atoms with Crippen molar-refractivity contribution in [3.8, 4) is 17.0 Å². The number of allylic oxidation sites excluding steroid dienone is 2. The fourth-order valence-electron chi connectivity index (χ4n) is 5.17. The smallest absolute Gasteiger partial charge is 0.333 e. The maximum atomic E-state index is 13.1. The van der Waals surface area contributed by atoms with E-state index in [0.717, 1.165) is 59.9 Å². The Labute approximate surface area is 217 Å². The summed E-state index contributed by atoms with van der Waals surface area (Å²) < 4.78 is 35.1. The van der Waals surface area contributed by atoms with Crippen molar-refractivity contribution in [1.82, 2.24) is 19.5 Å². The van der Waals surface area contributed by atoms with E-state index in [1.54, 1.807) is 30.3 Å². The van der Waals surface area contributed by atoms with Crippen LogP contribution in [0.5, 0.6) is 5.88 Å². The number of hydrogen-bond acceptors (Lipinski definition) is 6. The molecule has 9 nitrogen and oxygen atoms in total. The summed E-state index contributed by atoms with van der Waals surface area (Å²) in [5.41, 5.74) is 8.08. The van der Waals surface area contributed by atoms with Crippen LogP contribution in [-0.2, 0) is 22.9 Å². The molecule has 2 N–H and O–H groups in total. The second-order valence-corrected chi connectivity index (χ2v) is 11.5. The zero-order valence-electron chi connectivity index (χ0n) is 21.5. The van der Waals surface area contributed by atoms with Gasteiger partial charge in [0, 0.05) is 24.0 Å². The monoisotopic (exact) mass is 521 g/mol. The van der Waals surface area contributed by atoms with Gasteiger partial charge in [-0.3, -0.25) is 4.68 Å². The quantitative estimate of drug-likeness (QED) is 0.445. The van der Waals surface area contributed by atoms with E-state index in [4.69, 9.17) is 4.74 Å². The standard InChI is InChI=1S/C27H31N5O4S/c1-16(2)20-13-21(14-20)32-11-9-24(30-32)37(34,35)31-27(33)29-26-22-7-5-6-18(22)12-17(3)25(26)19-8-10-28-23(15-19)36-4/h8-12,15,21H,5-7,13-14H2,1-4H3,(H2,29,31,33). The lowest BCUT2D eigenvalue weighted by Gasteiger charge is -2.30. The number of ether oxygens (including phenoxy) is 1. The van der Waals surface area contributed by atoms with Gasteiger partial charge < -0.3 is 10.1 Å². The van der Waals surface area contributed by atoms with Gasteiger partial charge in [-0.25, -0.2) is 14.5 Å². The van der Waals surface area contributed by atoms with Crippen LogP contribution in [-0.4, -0.2) is 36.3 Å². The minimum Gasteiger partial charge on any atom is -0.481 e. The Balaban J connectivity index is 1.40. The molecule has 2 amide bonds. The number of aromatic nitrogens is 3. The molecule has 2 aliphatic carbocycles. The first kappa shape index (κ1) is 25.0. The van der Waals surface area contributed by atoms with E-state index in [1.165, 1.54) is 17.2 Å². The summed E-state index contributed by atoms with van der Waals surface area (Å²) in [6, 6.07) is 6.52. The van der Waals surface area contributed by atoms with Crippen LogP contribution in [0.1, 0.15) is 55.8 Å². The van der Waals surface area contributed by atoms with Gasteiger partial charge in [0.15, 0.2) is 5.03 Å². The van der Waals surface area contributed by atoms with Gasteiger partial charge in [0.1, 0.15) is 0 Å². The molecule has 1 saturated carbocycles. The Hall–Kier alpha value is -3.66. The van der Waals surface area contributed by atoms with E-state index in [0.29, 0.717) is 11.6 Å². The second-order valence-electron chi connectivity index (χ2n) is 9.88. The molecule has 1 fully saturated rings. The Morgan fingerprint density at radius 3 is 2.68 bits per heavy atom. The van der Waals surface area contributed by atoms with Crippen molar-refractivity contribution in [2.75, 3.05) is 12.4 Å². The highest BCUT2D eigenvalue weighted by Gasteiger charge is 2.29. The van der Waals surface area contributed by atoms with E-state index >= 15 is 0 Å². The molecule has 37 heavy (non-hydrogen) atoms. The fourth-order valence-corrected chi connectivity index (χ4v) is 6.01. The third-order valence-electron chi connectivity index (χ3n) is 7.20. The highest BCUT2D eigenvalue weighted by atomic mass is 32.2. The van der Waals surface area contributed by atoms with Crippen LogP contribution in [0.15, 0.2) is 52.8 Å². The lowest BCUT2D eigenvalue weighted by atomic mass is 9.84. The average molecular weight is 522 g/mol. The minimum atomic E-state index is -4.15. The van der Waals surface area contributed by atoms with Crippen molar-refractivity contribution in [2.24, 2.45) is 0 Å². The number of sulfonamides is 1. The van der Waals surface area contributed by atoms with Gasteiger partial charge in [-0.2, -0.15) is 13.5 Å². The highest BCUT2D eigenvalue weighted by Crippen LogP contribution is 2.41. The van der Waals surface area contributed by atoms with Crippen LogP contribution in [0, 0.1) is 6.92 Å². The zero-order chi connectivity index (χ0) is 26.3. The molecule has 3 aromatic rings. The molecule has 194 valence electrons.